The van der Waals surface area contributed by atoms with Crippen molar-refractivity contribution >= 4 is 27.5 Å². The second-order valence-electron chi connectivity index (χ2n) is 7.88. The number of nitrogens with one attached hydrogen (secondary N) is 1. The van der Waals surface area contributed by atoms with Gasteiger partial charge < -0.3 is 9.88 Å². The molecule has 0 spiro atoms. The Kier molecular flexibility index (Phi) is 6.64. The van der Waals surface area contributed by atoms with Gasteiger partial charge in [0.05, 0.1) is 10.8 Å². The average molecular weight is 473 g/mol. The van der Waals surface area contributed by atoms with Gasteiger partial charge in [-0.15, -0.1) is 0 Å². The van der Waals surface area contributed by atoms with E-state index in [-0.39, 0.29) is 23.3 Å². The topological polar surface area (TPSA) is 84.3 Å². The summed E-state index contributed by atoms with van der Waals surface area (Å²) in [5.74, 6) is 0.399. The number of benzene rings is 2. The summed E-state index contributed by atoms with van der Waals surface area (Å²) in [6.07, 6.45) is 4.96. The number of nitrogens with zero attached hydrogens (tertiary/aromatic N) is 3. The molecular formula is C23H25ClN4O3S. The number of hydrogen-bond donors (Lipinski definition) is 1. The number of carbonyl (C=O) groups excluding carboxylic acids is 1. The lowest BCUT2D eigenvalue weighted by Gasteiger charge is -2.31. The van der Waals surface area contributed by atoms with Crippen LogP contribution in [0.25, 0.3) is 5.69 Å². The normalized spacial score (nSPS) is 17.2. The van der Waals surface area contributed by atoms with Gasteiger partial charge >= 0.3 is 0 Å². The molecule has 2 heterocycles. The Bertz CT molecular complexity index is 1190. The molecule has 9 heteroatoms. The van der Waals surface area contributed by atoms with Gasteiger partial charge in [-0.2, -0.15) is 4.31 Å². The van der Waals surface area contributed by atoms with Crippen LogP contribution >= 0.6 is 11.6 Å². The minimum Gasteiger partial charge on any atom is -0.352 e. The van der Waals surface area contributed by atoms with Crippen LogP contribution < -0.4 is 5.32 Å². The predicted molar refractivity (Wildman–Crippen MR) is 123 cm³/mol. The van der Waals surface area contributed by atoms with E-state index in [1.165, 1.54) is 16.4 Å². The van der Waals surface area contributed by atoms with Gasteiger partial charge in [0, 0.05) is 42.7 Å². The molecule has 3 aromatic rings. The third-order valence-electron chi connectivity index (χ3n) is 5.71. The lowest BCUT2D eigenvalue weighted by atomic mass is 9.99. The van der Waals surface area contributed by atoms with Crippen LogP contribution in [0.5, 0.6) is 0 Å². The van der Waals surface area contributed by atoms with E-state index in [1.807, 2.05) is 42.0 Å². The molecule has 1 atom stereocenters. The Hall–Kier alpha value is -2.68. The van der Waals surface area contributed by atoms with Gasteiger partial charge in [0.1, 0.15) is 5.82 Å². The Balaban J connectivity index is 1.36. The molecule has 1 aromatic heterocycles. The Morgan fingerprint density at radius 3 is 2.53 bits per heavy atom. The van der Waals surface area contributed by atoms with Crippen molar-refractivity contribution in [2.45, 2.75) is 31.2 Å². The highest BCUT2D eigenvalue weighted by atomic mass is 35.5. The maximum atomic E-state index is 12.9. The van der Waals surface area contributed by atoms with Crippen LogP contribution in [0.15, 0.2) is 65.8 Å². The summed E-state index contributed by atoms with van der Waals surface area (Å²) in [6.45, 7) is 2.91. The van der Waals surface area contributed by atoms with Crippen molar-refractivity contribution in [3.63, 3.8) is 0 Å². The second kappa shape index (κ2) is 9.44. The molecule has 32 heavy (non-hydrogen) atoms. The fourth-order valence-corrected chi connectivity index (χ4v) is 5.54. The third kappa shape index (κ3) is 4.87. The highest BCUT2D eigenvalue weighted by Gasteiger charge is 2.33. The van der Waals surface area contributed by atoms with E-state index in [4.69, 9.17) is 11.6 Å². The molecule has 1 aliphatic heterocycles. The van der Waals surface area contributed by atoms with Crippen molar-refractivity contribution in [2.24, 2.45) is 5.92 Å². The molecule has 1 saturated heterocycles. The molecule has 0 aliphatic carbocycles. The van der Waals surface area contributed by atoms with Gasteiger partial charge in [-0.3, -0.25) is 4.79 Å². The number of halogens is 1. The maximum absolute atomic E-state index is 12.9. The quantitative estimate of drug-likeness (QED) is 0.594. The summed E-state index contributed by atoms with van der Waals surface area (Å²) < 4.78 is 29.3. The highest BCUT2D eigenvalue weighted by molar-refractivity contribution is 7.89. The maximum Gasteiger partial charge on any atom is 0.243 e. The number of piperidine rings is 1. The molecule has 4 rings (SSSR count). The first-order chi connectivity index (χ1) is 15.3. The van der Waals surface area contributed by atoms with Gasteiger partial charge in [-0.05, 0) is 61.7 Å². The largest absolute Gasteiger partial charge is 0.352 e. The number of amides is 1. The summed E-state index contributed by atoms with van der Waals surface area (Å²) >= 11 is 5.87. The fraction of sp³-hybridized carbons (Fsp3) is 0.304. The van der Waals surface area contributed by atoms with Crippen LogP contribution in [0.4, 0.5) is 0 Å². The molecular weight excluding hydrogens is 448 g/mol. The van der Waals surface area contributed by atoms with Crippen molar-refractivity contribution in [1.82, 2.24) is 19.2 Å². The summed E-state index contributed by atoms with van der Waals surface area (Å²) in [5, 5.41) is 3.44. The van der Waals surface area contributed by atoms with Gasteiger partial charge in [0.25, 0.3) is 0 Å². The average Bonchev–Trinajstić information content (AvgIpc) is 3.24. The molecule has 1 amide bonds. The van der Waals surface area contributed by atoms with E-state index in [0.29, 0.717) is 31.0 Å². The van der Waals surface area contributed by atoms with Crippen LogP contribution in [0.2, 0.25) is 5.02 Å². The van der Waals surface area contributed by atoms with Crippen LogP contribution in [-0.4, -0.2) is 41.3 Å². The number of imidazole rings is 1. The minimum atomic E-state index is -3.65. The molecule has 0 bridgehead atoms. The van der Waals surface area contributed by atoms with Crippen LogP contribution in [0.3, 0.4) is 0 Å². The first-order valence-electron chi connectivity index (χ1n) is 10.5. The Labute approximate surface area is 193 Å². The number of rotatable bonds is 6. The van der Waals surface area contributed by atoms with E-state index in [2.05, 4.69) is 10.3 Å². The van der Waals surface area contributed by atoms with Crippen molar-refractivity contribution in [3.05, 3.63) is 77.3 Å². The number of hydrogen-bond acceptors (Lipinski definition) is 4. The smallest absolute Gasteiger partial charge is 0.243 e. The molecule has 1 unspecified atom stereocenters. The number of aryl methyl sites for hydroxylation is 1. The van der Waals surface area contributed by atoms with E-state index >= 15 is 0 Å². The molecule has 168 valence electrons. The van der Waals surface area contributed by atoms with Crippen LogP contribution in [0, 0.1) is 12.8 Å². The predicted octanol–water partition coefficient (Wildman–Crippen LogP) is 3.55. The molecule has 1 fully saturated rings. The van der Waals surface area contributed by atoms with E-state index in [0.717, 1.165) is 17.1 Å². The molecule has 1 N–H and O–H groups in total. The van der Waals surface area contributed by atoms with Crippen LogP contribution in [-0.2, 0) is 21.4 Å². The van der Waals surface area contributed by atoms with Crippen molar-refractivity contribution in [3.8, 4) is 5.69 Å². The first-order valence-corrected chi connectivity index (χ1v) is 12.3. The van der Waals surface area contributed by atoms with E-state index in [9.17, 15) is 13.2 Å². The van der Waals surface area contributed by atoms with Crippen molar-refractivity contribution < 1.29 is 13.2 Å². The highest BCUT2D eigenvalue weighted by Crippen LogP contribution is 2.25. The SMILES string of the molecule is Cc1nccn1-c1ccc(CNC(=O)C2CCCN(S(=O)(=O)c3ccc(Cl)cc3)C2)cc1. The lowest BCUT2D eigenvalue weighted by Crippen LogP contribution is -2.45. The number of sulfonamides is 1. The zero-order chi connectivity index (χ0) is 22.7. The third-order valence-corrected chi connectivity index (χ3v) is 7.84. The molecule has 1 aliphatic rings. The fourth-order valence-electron chi connectivity index (χ4n) is 3.89. The van der Waals surface area contributed by atoms with Crippen molar-refractivity contribution in [2.75, 3.05) is 13.1 Å². The Morgan fingerprint density at radius 1 is 1.16 bits per heavy atom. The Morgan fingerprint density at radius 2 is 1.88 bits per heavy atom. The van der Waals surface area contributed by atoms with E-state index < -0.39 is 10.0 Å². The number of carbonyl (C=O) groups is 1. The molecule has 2 aromatic carbocycles. The number of aromatic nitrogens is 2. The zero-order valence-electron chi connectivity index (χ0n) is 17.7. The zero-order valence-corrected chi connectivity index (χ0v) is 19.3. The summed E-state index contributed by atoms with van der Waals surface area (Å²) in [4.78, 5) is 17.2. The summed E-state index contributed by atoms with van der Waals surface area (Å²) in [5.41, 5.74) is 1.98. The first kappa shape index (κ1) is 22.5. The minimum absolute atomic E-state index is 0.129. The molecule has 0 saturated carbocycles. The summed E-state index contributed by atoms with van der Waals surface area (Å²) in [7, 11) is -3.65. The monoisotopic (exact) mass is 472 g/mol. The standard InChI is InChI=1S/C23H25ClN4O3S/c1-17-25-12-14-28(17)21-8-4-18(5-9-21)15-26-23(29)19-3-2-13-27(16-19)32(30,31)22-10-6-20(24)7-11-22/h4-12,14,19H,2-3,13,15-16H2,1H3,(H,26,29). The van der Waals surface area contributed by atoms with Gasteiger partial charge in [-0.1, -0.05) is 23.7 Å². The molecule has 0 radical (unpaired) electrons. The second-order valence-corrected chi connectivity index (χ2v) is 10.3. The van der Waals surface area contributed by atoms with Gasteiger partial charge in [0.2, 0.25) is 15.9 Å². The lowest BCUT2D eigenvalue weighted by molar-refractivity contribution is -0.126. The van der Waals surface area contributed by atoms with Gasteiger partial charge in [0.15, 0.2) is 0 Å². The summed E-state index contributed by atoms with van der Waals surface area (Å²) in [6, 6.07) is 14.0. The van der Waals surface area contributed by atoms with Crippen LogP contribution in [0.1, 0.15) is 24.2 Å². The van der Waals surface area contributed by atoms with Crippen molar-refractivity contribution in [1.29, 1.82) is 0 Å². The van der Waals surface area contributed by atoms with E-state index in [1.54, 1.807) is 18.3 Å². The van der Waals surface area contributed by atoms with Gasteiger partial charge in [-0.25, -0.2) is 13.4 Å². The molecule has 7 nitrogen and oxygen atoms in total.